The van der Waals surface area contributed by atoms with Crippen molar-refractivity contribution in [3.8, 4) is 11.5 Å². The van der Waals surface area contributed by atoms with E-state index in [4.69, 9.17) is 9.15 Å². The van der Waals surface area contributed by atoms with Crippen molar-refractivity contribution >= 4 is 29.6 Å². The molecule has 1 aromatic heterocycles. The molecule has 0 unspecified atom stereocenters. The van der Waals surface area contributed by atoms with E-state index in [0.29, 0.717) is 17.0 Å². The van der Waals surface area contributed by atoms with Crippen molar-refractivity contribution < 1.29 is 32.7 Å². The molecule has 1 aliphatic rings. The molecule has 1 aromatic carbocycles. The maximum atomic E-state index is 13.0. The fourth-order valence-electron chi connectivity index (χ4n) is 2.62. The molecule has 1 amide bonds. The number of ether oxygens (including phenoxy) is 2. The van der Waals surface area contributed by atoms with Gasteiger partial charge in [0.25, 0.3) is 0 Å². The fraction of sp³-hybridized carbons (Fsp3) is 0.316. The number of rotatable bonds is 8. The lowest BCUT2D eigenvalue weighted by atomic mass is 10.2. The van der Waals surface area contributed by atoms with Crippen LogP contribution in [0.15, 0.2) is 44.6 Å². The summed E-state index contributed by atoms with van der Waals surface area (Å²) in [6.45, 7) is -0.216. The monoisotopic (exact) mass is 451 g/mol. The van der Waals surface area contributed by atoms with Gasteiger partial charge < -0.3 is 18.8 Å². The summed E-state index contributed by atoms with van der Waals surface area (Å²) in [5.74, 6) is -2.57. The molecule has 31 heavy (non-hydrogen) atoms. The van der Waals surface area contributed by atoms with Crippen LogP contribution in [0.1, 0.15) is 6.42 Å². The van der Waals surface area contributed by atoms with E-state index in [1.165, 1.54) is 54.1 Å². The Labute approximate surface area is 179 Å². The molecule has 0 spiro atoms. The van der Waals surface area contributed by atoms with Crippen LogP contribution in [0.2, 0.25) is 0 Å². The zero-order valence-electron chi connectivity index (χ0n) is 16.4. The highest BCUT2D eigenvalue weighted by atomic mass is 32.2. The molecule has 164 valence electrons. The number of aromatic nitrogens is 2. The van der Waals surface area contributed by atoms with Crippen LogP contribution in [0.3, 0.4) is 0 Å². The van der Waals surface area contributed by atoms with E-state index in [1.54, 1.807) is 0 Å². The van der Waals surface area contributed by atoms with Crippen LogP contribution in [-0.4, -0.2) is 58.5 Å². The molecule has 3 rings (SSSR count). The van der Waals surface area contributed by atoms with Gasteiger partial charge in [-0.1, -0.05) is 11.8 Å². The van der Waals surface area contributed by atoms with E-state index in [0.717, 1.165) is 4.68 Å². The number of halogens is 1. The van der Waals surface area contributed by atoms with Crippen LogP contribution in [0.4, 0.5) is 4.39 Å². The number of hydrogen-bond donors (Lipinski definition) is 0. The van der Waals surface area contributed by atoms with Gasteiger partial charge in [-0.05, 0) is 30.7 Å². The molecule has 1 saturated heterocycles. The highest BCUT2D eigenvalue weighted by Gasteiger charge is 2.27. The normalized spacial score (nSPS) is 14.8. The van der Waals surface area contributed by atoms with E-state index in [9.17, 15) is 23.6 Å². The Bertz CT molecular complexity index is 1060. The van der Waals surface area contributed by atoms with Crippen LogP contribution in [-0.2, 0) is 30.4 Å². The van der Waals surface area contributed by atoms with Crippen molar-refractivity contribution in [3.63, 3.8) is 0 Å². The Morgan fingerprint density at radius 1 is 1.29 bits per heavy atom. The van der Waals surface area contributed by atoms with Gasteiger partial charge in [-0.25, -0.2) is 14.0 Å². The van der Waals surface area contributed by atoms with Crippen LogP contribution >= 0.6 is 11.8 Å². The zero-order valence-corrected chi connectivity index (χ0v) is 17.2. The highest BCUT2D eigenvalue weighted by Crippen LogP contribution is 2.28. The molecule has 0 radical (unpaired) electrons. The fourth-order valence-corrected chi connectivity index (χ4v) is 3.58. The van der Waals surface area contributed by atoms with E-state index < -0.39 is 30.1 Å². The third kappa shape index (κ3) is 5.81. The van der Waals surface area contributed by atoms with Gasteiger partial charge in [-0.3, -0.25) is 9.59 Å². The molecule has 10 nitrogen and oxygen atoms in total. The van der Waals surface area contributed by atoms with E-state index in [-0.39, 0.29) is 30.7 Å². The number of nitrogens with zero attached hydrogens (tertiary/aromatic N) is 3. The lowest BCUT2D eigenvalue weighted by Gasteiger charge is -2.16. The first-order valence-electron chi connectivity index (χ1n) is 9.09. The van der Waals surface area contributed by atoms with Gasteiger partial charge in [0.15, 0.2) is 0 Å². The molecular formula is C19H18FN3O7S. The van der Waals surface area contributed by atoms with E-state index in [2.05, 4.69) is 9.84 Å². The van der Waals surface area contributed by atoms with Crippen LogP contribution in [0.5, 0.6) is 0 Å². The number of esters is 2. The van der Waals surface area contributed by atoms with Gasteiger partial charge in [0.1, 0.15) is 12.4 Å². The van der Waals surface area contributed by atoms with Gasteiger partial charge in [-0.15, -0.1) is 5.10 Å². The summed E-state index contributed by atoms with van der Waals surface area (Å²) in [5, 5.41) is 4.38. The lowest BCUT2D eigenvalue weighted by molar-refractivity contribution is -0.144. The quantitative estimate of drug-likeness (QED) is 0.331. The number of carbonyl (C=O) groups excluding carboxylic acids is 3. The Balaban J connectivity index is 1.49. The first-order chi connectivity index (χ1) is 14.9. The topological polar surface area (TPSA) is 121 Å². The molecule has 0 N–H and O–H groups in total. The second-order valence-electron chi connectivity index (χ2n) is 6.25. The minimum absolute atomic E-state index is 0.00376. The average molecular weight is 451 g/mol. The maximum Gasteiger partial charge on any atom is 0.437 e. The maximum absolute atomic E-state index is 13.0. The third-order valence-corrected chi connectivity index (χ3v) is 5.14. The van der Waals surface area contributed by atoms with Crippen LogP contribution < -0.4 is 5.76 Å². The smallest absolute Gasteiger partial charge is 0.437 e. The van der Waals surface area contributed by atoms with Crippen molar-refractivity contribution in [2.45, 2.75) is 13.0 Å². The number of amides is 1. The van der Waals surface area contributed by atoms with Crippen LogP contribution in [0.25, 0.3) is 11.5 Å². The van der Waals surface area contributed by atoms with Gasteiger partial charge in [0.05, 0.1) is 30.6 Å². The molecule has 2 heterocycles. The van der Waals surface area contributed by atoms with E-state index in [1.807, 2.05) is 0 Å². The minimum atomic E-state index is -0.853. The van der Waals surface area contributed by atoms with Crippen molar-refractivity contribution in [3.05, 3.63) is 51.7 Å². The Kier molecular flexibility index (Phi) is 7.23. The Hall–Kier alpha value is -3.41. The van der Waals surface area contributed by atoms with Crippen molar-refractivity contribution in [1.82, 2.24) is 14.7 Å². The molecule has 12 heteroatoms. The number of benzene rings is 1. The van der Waals surface area contributed by atoms with Gasteiger partial charge in [-0.2, -0.15) is 4.68 Å². The predicted octanol–water partition coefficient (Wildman–Crippen LogP) is 1.17. The SMILES string of the molecule is COC(=O)/C=C1/SCC(=O)N1CCCOC(=O)Cn1nc(-c2ccc(F)cc2)oc1=O. The van der Waals surface area contributed by atoms with Gasteiger partial charge in [0.2, 0.25) is 11.8 Å². The van der Waals surface area contributed by atoms with Crippen molar-refractivity contribution in [2.24, 2.45) is 0 Å². The number of thioether (sulfide) groups is 1. The number of hydrogen-bond acceptors (Lipinski definition) is 9. The average Bonchev–Trinajstić information content (AvgIpc) is 3.28. The molecule has 1 aliphatic heterocycles. The second-order valence-corrected chi connectivity index (χ2v) is 7.25. The summed E-state index contributed by atoms with van der Waals surface area (Å²) in [5.41, 5.74) is 0.384. The molecule has 1 fully saturated rings. The third-order valence-electron chi connectivity index (χ3n) is 4.12. The summed E-state index contributed by atoms with van der Waals surface area (Å²) in [7, 11) is 1.24. The molecule has 0 aliphatic carbocycles. The highest BCUT2D eigenvalue weighted by molar-refractivity contribution is 8.04. The first-order valence-corrected chi connectivity index (χ1v) is 10.1. The van der Waals surface area contributed by atoms with Gasteiger partial charge >= 0.3 is 17.7 Å². The Morgan fingerprint density at radius 2 is 2.03 bits per heavy atom. The predicted molar refractivity (Wildman–Crippen MR) is 106 cm³/mol. The molecule has 0 atom stereocenters. The number of methoxy groups -OCH3 is 1. The van der Waals surface area contributed by atoms with Crippen molar-refractivity contribution in [2.75, 3.05) is 26.0 Å². The minimum Gasteiger partial charge on any atom is -0.466 e. The summed E-state index contributed by atoms with van der Waals surface area (Å²) in [6, 6.07) is 5.17. The van der Waals surface area contributed by atoms with Gasteiger partial charge in [0, 0.05) is 12.1 Å². The second kappa shape index (κ2) is 10.1. The molecule has 0 saturated carbocycles. The summed E-state index contributed by atoms with van der Waals surface area (Å²) >= 11 is 1.22. The Morgan fingerprint density at radius 3 is 2.74 bits per heavy atom. The molecule has 0 bridgehead atoms. The largest absolute Gasteiger partial charge is 0.466 e. The lowest BCUT2D eigenvalue weighted by Crippen LogP contribution is -2.28. The molecular weight excluding hydrogens is 433 g/mol. The summed E-state index contributed by atoms with van der Waals surface area (Å²) < 4.78 is 28.4. The zero-order chi connectivity index (χ0) is 22.4. The number of carbonyl (C=O) groups is 3. The van der Waals surface area contributed by atoms with Crippen molar-refractivity contribution in [1.29, 1.82) is 0 Å². The summed E-state index contributed by atoms with van der Waals surface area (Å²) in [6.07, 6.45) is 1.56. The standard InChI is InChI=1S/C19H18FN3O7S/c1-28-16(25)9-15-22(14(24)11-31-15)7-2-8-29-17(26)10-23-19(27)30-18(21-23)12-3-5-13(20)6-4-12/h3-6,9H,2,7-8,10-11H2,1H3/b15-9+. The molecule has 2 aromatic rings. The van der Waals surface area contributed by atoms with Crippen LogP contribution in [0, 0.1) is 5.82 Å². The summed E-state index contributed by atoms with van der Waals surface area (Å²) in [4.78, 5) is 48.6. The van der Waals surface area contributed by atoms with E-state index >= 15 is 0 Å². The first kappa shape index (κ1) is 22.3.